The zero-order valence-corrected chi connectivity index (χ0v) is 16.2. The van der Waals surface area contributed by atoms with Gasteiger partial charge in [0.25, 0.3) is 0 Å². The number of carbonyl (C=O) groups is 2. The van der Waals surface area contributed by atoms with Crippen molar-refractivity contribution >= 4 is 12.1 Å². The molecule has 152 valence electrons. The largest absolute Gasteiger partial charge is 0.465 e. The lowest BCUT2D eigenvalue weighted by Gasteiger charge is -2.45. The molecule has 6 nitrogen and oxygen atoms in total. The van der Waals surface area contributed by atoms with E-state index in [-0.39, 0.29) is 30.0 Å². The van der Waals surface area contributed by atoms with Crippen LogP contribution in [0.5, 0.6) is 0 Å². The van der Waals surface area contributed by atoms with Gasteiger partial charge >= 0.3 is 12.1 Å². The Hall–Kier alpha value is -3.09. The van der Waals surface area contributed by atoms with Crippen molar-refractivity contribution in [1.82, 2.24) is 15.1 Å². The number of rotatable bonds is 3. The number of halogens is 1. The summed E-state index contributed by atoms with van der Waals surface area (Å²) in [5, 5.41) is 11.3. The predicted octanol–water partition coefficient (Wildman–Crippen LogP) is 3.62. The van der Waals surface area contributed by atoms with Gasteiger partial charge in [-0.2, -0.15) is 0 Å². The number of nitrogens with one attached hydrogen (secondary N) is 1. The molecule has 3 amide bonds. The van der Waals surface area contributed by atoms with Crippen LogP contribution in [0.25, 0.3) is 0 Å². The number of nitrogens with zero attached hydrogens (tertiary/aromatic N) is 2. The summed E-state index contributed by atoms with van der Waals surface area (Å²) in [5.74, 6) is -0.306. The molecule has 2 aromatic carbocycles. The van der Waals surface area contributed by atoms with Gasteiger partial charge in [0.15, 0.2) is 0 Å². The van der Waals surface area contributed by atoms with Crippen LogP contribution in [0, 0.1) is 5.82 Å². The van der Waals surface area contributed by atoms with Crippen molar-refractivity contribution in [3.63, 3.8) is 0 Å². The Morgan fingerprint density at radius 1 is 1.14 bits per heavy atom. The van der Waals surface area contributed by atoms with Crippen molar-refractivity contribution < 1.29 is 19.1 Å². The Bertz CT molecular complexity index is 912. The van der Waals surface area contributed by atoms with Crippen LogP contribution in [0.1, 0.15) is 35.6 Å². The minimum Gasteiger partial charge on any atom is -0.465 e. The van der Waals surface area contributed by atoms with Crippen molar-refractivity contribution in [2.24, 2.45) is 0 Å². The molecule has 2 aromatic rings. The van der Waals surface area contributed by atoms with Crippen molar-refractivity contribution in [3.05, 3.63) is 71.0 Å². The molecular weight excluding hydrogens is 373 g/mol. The summed E-state index contributed by atoms with van der Waals surface area (Å²) in [4.78, 5) is 27.7. The van der Waals surface area contributed by atoms with Crippen LogP contribution in [0.3, 0.4) is 0 Å². The van der Waals surface area contributed by atoms with Crippen molar-refractivity contribution in [2.75, 3.05) is 13.6 Å². The van der Waals surface area contributed by atoms with E-state index in [2.05, 4.69) is 11.4 Å². The quantitative estimate of drug-likeness (QED) is 0.831. The smallest absolute Gasteiger partial charge is 0.404 e. The van der Waals surface area contributed by atoms with Gasteiger partial charge in [-0.05, 0) is 48.1 Å². The lowest BCUT2D eigenvalue weighted by Crippen LogP contribution is -2.57. The molecule has 2 aliphatic rings. The number of hydrogen-bond acceptors (Lipinski definition) is 2. The monoisotopic (exact) mass is 397 g/mol. The van der Waals surface area contributed by atoms with Crippen molar-refractivity contribution in [2.45, 2.75) is 37.4 Å². The predicted molar refractivity (Wildman–Crippen MR) is 106 cm³/mol. The number of carbonyl (C=O) groups excluding carboxylic acids is 1. The van der Waals surface area contributed by atoms with Crippen LogP contribution < -0.4 is 5.32 Å². The van der Waals surface area contributed by atoms with E-state index in [9.17, 15) is 14.0 Å². The van der Waals surface area contributed by atoms with Gasteiger partial charge in [-0.25, -0.2) is 14.0 Å². The molecule has 0 radical (unpaired) electrons. The SMILES string of the molecule is CN(C(=O)N1CCc2ccccc2[C@@H]1c1ccc(F)cc1)[C@H]1C[C@H](NC(=O)O)C1. The second kappa shape index (κ2) is 7.73. The summed E-state index contributed by atoms with van der Waals surface area (Å²) in [6.45, 7) is 0.575. The molecule has 1 heterocycles. The lowest BCUT2D eigenvalue weighted by atomic mass is 9.85. The number of benzene rings is 2. The van der Waals surface area contributed by atoms with Crippen LogP contribution in [-0.2, 0) is 6.42 Å². The Balaban J connectivity index is 1.57. The average Bonchev–Trinajstić information content (AvgIpc) is 2.69. The van der Waals surface area contributed by atoms with Crippen LogP contribution in [-0.4, -0.2) is 52.7 Å². The first kappa shape index (κ1) is 19.2. The number of urea groups is 1. The summed E-state index contributed by atoms with van der Waals surface area (Å²) < 4.78 is 13.5. The van der Waals surface area contributed by atoms with Crippen molar-refractivity contribution in [1.29, 1.82) is 0 Å². The van der Waals surface area contributed by atoms with Gasteiger partial charge in [0.2, 0.25) is 0 Å². The minimum absolute atomic E-state index is 0.00499. The third-order valence-corrected chi connectivity index (χ3v) is 6.01. The van der Waals surface area contributed by atoms with Gasteiger partial charge in [-0.15, -0.1) is 0 Å². The van der Waals surface area contributed by atoms with E-state index in [0.29, 0.717) is 19.4 Å². The molecule has 0 spiro atoms. The molecule has 0 aromatic heterocycles. The minimum atomic E-state index is -1.04. The molecule has 7 heteroatoms. The molecule has 0 unspecified atom stereocenters. The topological polar surface area (TPSA) is 72.9 Å². The van der Waals surface area contributed by atoms with Crippen LogP contribution >= 0.6 is 0 Å². The van der Waals surface area contributed by atoms with E-state index in [0.717, 1.165) is 17.5 Å². The molecule has 2 N–H and O–H groups in total. The zero-order chi connectivity index (χ0) is 20.5. The highest BCUT2D eigenvalue weighted by atomic mass is 19.1. The normalized spacial score (nSPS) is 23.0. The van der Waals surface area contributed by atoms with E-state index >= 15 is 0 Å². The molecular formula is C22H24FN3O3. The maximum atomic E-state index is 13.5. The molecule has 29 heavy (non-hydrogen) atoms. The van der Waals surface area contributed by atoms with Crippen LogP contribution in [0.2, 0.25) is 0 Å². The highest BCUT2D eigenvalue weighted by Crippen LogP contribution is 2.37. The van der Waals surface area contributed by atoms with Crippen LogP contribution in [0.15, 0.2) is 48.5 Å². The van der Waals surface area contributed by atoms with Gasteiger partial charge in [0, 0.05) is 25.7 Å². The first-order chi connectivity index (χ1) is 13.9. The third kappa shape index (κ3) is 3.77. The standard InChI is InChI=1S/C22H24FN3O3/c1-25(18-12-17(13-18)24-21(27)28)22(29)26-11-10-14-4-2-3-5-19(14)20(26)15-6-8-16(23)9-7-15/h2-9,17-18,20,24H,10-13H2,1H3,(H,27,28)/t17-,18-,20-/m0/s1. The summed E-state index contributed by atoms with van der Waals surface area (Å²) in [6, 6.07) is 13.9. The summed E-state index contributed by atoms with van der Waals surface area (Å²) in [7, 11) is 1.77. The third-order valence-electron chi connectivity index (χ3n) is 6.01. The Morgan fingerprint density at radius 3 is 2.52 bits per heavy atom. The maximum absolute atomic E-state index is 13.5. The first-order valence-electron chi connectivity index (χ1n) is 9.80. The first-order valence-corrected chi connectivity index (χ1v) is 9.80. The van der Waals surface area contributed by atoms with E-state index < -0.39 is 6.09 Å². The molecule has 1 aliphatic carbocycles. The van der Waals surface area contributed by atoms with Gasteiger partial charge in [0.1, 0.15) is 5.82 Å². The fraction of sp³-hybridized carbons (Fsp3) is 0.364. The fourth-order valence-corrected chi connectivity index (χ4v) is 4.33. The maximum Gasteiger partial charge on any atom is 0.404 e. The van der Waals surface area contributed by atoms with Crippen molar-refractivity contribution in [3.8, 4) is 0 Å². The fourth-order valence-electron chi connectivity index (χ4n) is 4.33. The Kier molecular flexibility index (Phi) is 5.13. The number of fused-ring (bicyclic) bond motifs is 1. The lowest BCUT2D eigenvalue weighted by molar-refractivity contribution is 0.0944. The number of carboxylic acid groups (broad SMARTS) is 1. The molecule has 1 atom stereocenters. The molecule has 1 aliphatic heterocycles. The average molecular weight is 397 g/mol. The summed E-state index contributed by atoms with van der Waals surface area (Å²) in [5.41, 5.74) is 3.13. The number of amides is 3. The molecule has 0 bridgehead atoms. The second-order valence-corrected chi connectivity index (χ2v) is 7.76. The van der Waals surface area contributed by atoms with E-state index in [1.165, 1.54) is 17.7 Å². The zero-order valence-electron chi connectivity index (χ0n) is 16.2. The van der Waals surface area contributed by atoms with Gasteiger partial charge in [0.05, 0.1) is 6.04 Å². The number of hydrogen-bond donors (Lipinski definition) is 2. The molecule has 0 saturated heterocycles. The van der Waals surface area contributed by atoms with E-state index in [1.807, 2.05) is 23.1 Å². The Labute approximate surface area is 168 Å². The summed E-state index contributed by atoms with van der Waals surface area (Å²) >= 11 is 0. The summed E-state index contributed by atoms with van der Waals surface area (Å²) in [6.07, 6.45) is 0.952. The molecule has 1 fully saturated rings. The Morgan fingerprint density at radius 2 is 1.83 bits per heavy atom. The second-order valence-electron chi connectivity index (χ2n) is 7.76. The highest BCUT2D eigenvalue weighted by molar-refractivity contribution is 5.76. The highest BCUT2D eigenvalue weighted by Gasteiger charge is 2.39. The van der Waals surface area contributed by atoms with E-state index in [1.54, 1.807) is 24.1 Å². The van der Waals surface area contributed by atoms with E-state index in [4.69, 9.17) is 5.11 Å². The van der Waals surface area contributed by atoms with Gasteiger partial charge < -0.3 is 20.2 Å². The van der Waals surface area contributed by atoms with Gasteiger partial charge in [-0.3, -0.25) is 0 Å². The van der Waals surface area contributed by atoms with Crippen LogP contribution in [0.4, 0.5) is 14.0 Å². The molecule has 1 saturated carbocycles. The molecule has 4 rings (SSSR count). The van der Waals surface area contributed by atoms with Gasteiger partial charge in [-0.1, -0.05) is 36.4 Å².